The van der Waals surface area contributed by atoms with Gasteiger partial charge in [-0.25, -0.2) is 4.79 Å². The van der Waals surface area contributed by atoms with Crippen LogP contribution < -0.4 is 5.73 Å². The van der Waals surface area contributed by atoms with Crippen LogP contribution in [0.3, 0.4) is 0 Å². The molecule has 1 heterocycles. The van der Waals surface area contributed by atoms with Gasteiger partial charge in [0.1, 0.15) is 11.8 Å². The Balaban J connectivity index is 2.95. The molecule has 1 rings (SSSR count). The first kappa shape index (κ1) is 20.7. The van der Waals surface area contributed by atoms with Gasteiger partial charge in [-0.05, 0) is 41.5 Å². The first-order valence-corrected chi connectivity index (χ1v) is 8.58. The molecule has 140 valence electrons. The van der Waals surface area contributed by atoms with Gasteiger partial charge in [-0.15, -0.1) is 0 Å². The number of nitrogens with zero attached hydrogens (tertiary/aromatic N) is 2. The van der Waals surface area contributed by atoms with Crippen LogP contribution in [0.4, 0.5) is 4.79 Å². The van der Waals surface area contributed by atoms with E-state index in [-0.39, 0.29) is 5.91 Å². The summed E-state index contributed by atoms with van der Waals surface area (Å²) in [6.45, 7) is 13.0. The summed E-state index contributed by atoms with van der Waals surface area (Å²) in [7, 11) is 0. The van der Waals surface area contributed by atoms with Gasteiger partial charge < -0.3 is 20.1 Å². The molecule has 0 radical (unpaired) electrons. The molecule has 2 amide bonds. The lowest BCUT2D eigenvalue weighted by molar-refractivity contribution is -0.151. The molecule has 1 atom stereocenters. The highest BCUT2D eigenvalue weighted by atomic mass is 16.6. The lowest BCUT2D eigenvalue weighted by Crippen LogP contribution is -2.53. The quantitative estimate of drug-likeness (QED) is 0.846. The second kappa shape index (κ2) is 8.16. The van der Waals surface area contributed by atoms with Crippen LogP contribution in [0, 0.1) is 0 Å². The van der Waals surface area contributed by atoms with Crippen LogP contribution in [0.25, 0.3) is 0 Å². The average Bonchev–Trinajstić information content (AvgIpc) is 2.38. The third kappa shape index (κ3) is 7.05. The standard InChI is InChI=1S/C17H33N3O4/c1-16(2,3)23-14-8-7-13(21)19(10-9-18)11-12-20(14)15(22)24-17(4,5)6/h14H,7-12,18H2,1-6H3. The number of carbonyl (C=O) groups excluding carboxylic acids is 2. The predicted octanol–water partition coefficient (Wildman–Crippen LogP) is 1.95. The van der Waals surface area contributed by atoms with Crippen LogP contribution >= 0.6 is 0 Å². The predicted molar refractivity (Wildman–Crippen MR) is 92.4 cm³/mol. The Labute approximate surface area is 145 Å². The third-order valence-corrected chi connectivity index (χ3v) is 3.43. The third-order valence-electron chi connectivity index (χ3n) is 3.43. The van der Waals surface area contributed by atoms with Crippen LogP contribution in [0.1, 0.15) is 54.4 Å². The molecule has 24 heavy (non-hydrogen) atoms. The Bertz CT molecular complexity index is 440. The van der Waals surface area contributed by atoms with Gasteiger partial charge in [-0.1, -0.05) is 0 Å². The molecule has 7 nitrogen and oxygen atoms in total. The minimum Gasteiger partial charge on any atom is -0.444 e. The Morgan fingerprint density at radius 3 is 2.29 bits per heavy atom. The SMILES string of the molecule is CC(C)(C)OC(=O)N1CCN(CCN)C(=O)CCC1OC(C)(C)C. The average molecular weight is 343 g/mol. The van der Waals surface area contributed by atoms with Crippen molar-refractivity contribution in [3.8, 4) is 0 Å². The van der Waals surface area contributed by atoms with Gasteiger partial charge in [0.05, 0.1) is 5.60 Å². The topological polar surface area (TPSA) is 85.1 Å². The molecule has 1 fully saturated rings. The van der Waals surface area contributed by atoms with E-state index in [1.807, 2.05) is 41.5 Å². The maximum absolute atomic E-state index is 12.6. The van der Waals surface area contributed by atoms with E-state index in [1.54, 1.807) is 9.80 Å². The number of hydrogen-bond acceptors (Lipinski definition) is 5. The zero-order valence-corrected chi connectivity index (χ0v) is 15.9. The molecule has 1 aliphatic heterocycles. The fraction of sp³-hybridized carbons (Fsp3) is 0.882. The molecular weight excluding hydrogens is 310 g/mol. The van der Waals surface area contributed by atoms with Crippen LogP contribution in [0.15, 0.2) is 0 Å². The molecule has 0 aromatic heterocycles. The van der Waals surface area contributed by atoms with E-state index in [0.717, 1.165) is 0 Å². The van der Waals surface area contributed by atoms with Gasteiger partial charge in [0.25, 0.3) is 0 Å². The highest BCUT2D eigenvalue weighted by Gasteiger charge is 2.34. The Hall–Kier alpha value is -1.34. The van der Waals surface area contributed by atoms with Crippen molar-refractivity contribution in [3.05, 3.63) is 0 Å². The van der Waals surface area contributed by atoms with Crippen LogP contribution in [0.2, 0.25) is 0 Å². The fourth-order valence-electron chi connectivity index (χ4n) is 2.51. The van der Waals surface area contributed by atoms with Gasteiger partial charge in [-0.3, -0.25) is 9.69 Å². The highest BCUT2D eigenvalue weighted by Crippen LogP contribution is 2.22. The maximum atomic E-state index is 12.6. The first-order chi connectivity index (χ1) is 10.9. The van der Waals surface area contributed by atoms with Crippen molar-refractivity contribution in [2.24, 2.45) is 5.73 Å². The van der Waals surface area contributed by atoms with Crippen molar-refractivity contribution in [2.75, 3.05) is 26.2 Å². The zero-order valence-electron chi connectivity index (χ0n) is 15.9. The zero-order chi connectivity index (χ0) is 18.5. The van der Waals surface area contributed by atoms with E-state index in [0.29, 0.717) is 39.0 Å². The van der Waals surface area contributed by atoms with Crippen LogP contribution in [0.5, 0.6) is 0 Å². The highest BCUT2D eigenvalue weighted by molar-refractivity contribution is 5.77. The summed E-state index contributed by atoms with van der Waals surface area (Å²) in [4.78, 5) is 28.2. The molecule has 7 heteroatoms. The van der Waals surface area contributed by atoms with E-state index >= 15 is 0 Å². The molecule has 0 spiro atoms. The van der Waals surface area contributed by atoms with Crippen molar-refractivity contribution in [2.45, 2.75) is 71.8 Å². The number of rotatable bonds is 3. The molecule has 1 unspecified atom stereocenters. The summed E-state index contributed by atoms with van der Waals surface area (Å²) < 4.78 is 11.6. The summed E-state index contributed by atoms with van der Waals surface area (Å²) in [6.07, 6.45) is -0.140. The molecular formula is C17H33N3O4. The van der Waals surface area contributed by atoms with Gasteiger partial charge >= 0.3 is 6.09 Å². The van der Waals surface area contributed by atoms with E-state index in [9.17, 15) is 9.59 Å². The number of carbonyl (C=O) groups is 2. The normalized spacial score (nSPS) is 20.6. The Morgan fingerprint density at radius 1 is 1.17 bits per heavy atom. The van der Waals surface area contributed by atoms with Crippen LogP contribution in [-0.2, 0) is 14.3 Å². The second-order valence-corrected chi connectivity index (χ2v) is 8.07. The summed E-state index contributed by atoms with van der Waals surface area (Å²) in [5.74, 6) is 0.0480. The molecule has 0 bridgehead atoms. The van der Waals surface area contributed by atoms with Crippen molar-refractivity contribution < 1.29 is 19.1 Å². The van der Waals surface area contributed by atoms with Gasteiger partial charge in [0.15, 0.2) is 0 Å². The molecule has 2 N–H and O–H groups in total. The molecule has 1 aliphatic rings. The molecule has 0 saturated carbocycles. The van der Waals surface area contributed by atoms with Gasteiger partial charge in [0, 0.05) is 39.0 Å². The fourth-order valence-corrected chi connectivity index (χ4v) is 2.51. The summed E-state index contributed by atoms with van der Waals surface area (Å²) in [6, 6.07) is 0. The lowest BCUT2D eigenvalue weighted by atomic mass is 10.1. The lowest BCUT2D eigenvalue weighted by Gasteiger charge is -2.39. The Kier molecular flexibility index (Phi) is 7.04. The smallest absolute Gasteiger partial charge is 0.412 e. The van der Waals surface area contributed by atoms with Crippen molar-refractivity contribution in [1.82, 2.24) is 9.80 Å². The van der Waals surface area contributed by atoms with Gasteiger partial charge in [0.2, 0.25) is 5.91 Å². The van der Waals surface area contributed by atoms with E-state index in [2.05, 4.69) is 0 Å². The largest absolute Gasteiger partial charge is 0.444 e. The van der Waals surface area contributed by atoms with E-state index in [1.165, 1.54) is 0 Å². The van der Waals surface area contributed by atoms with Gasteiger partial charge in [-0.2, -0.15) is 0 Å². The summed E-state index contributed by atoms with van der Waals surface area (Å²) in [5.41, 5.74) is 4.56. The minimum absolute atomic E-state index is 0.0480. The second-order valence-electron chi connectivity index (χ2n) is 8.07. The number of ether oxygens (including phenoxy) is 2. The molecule has 1 saturated heterocycles. The van der Waals surface area contributed by atoms with E-state index < -0.39 is 23.5 Å². The van der Waals surface area contributed by atoms with Crippen molar-refractivity contribution in [3.63, 3.8) is 0 Å². The number of amides is 2. The first-order valence-electron chi connectivity index (χ1n) is 8.58. The van der Waals surface area contributed by atoms with E-state index in [4.69, 9.17) is 15.2 Å². The Morgan fingerprint density at radius 2 is 1.79 bits per heavy atom. The monoisotopic (exact) mass is 343 g/mol. The van der Waals surface area contributed by atoms with Crippen LogP contribution in [-0.4, -0.2) is 65.4 Å². The summed E-state index contributed by atoms with van der Waals surface area (Å²) in [5, 5.41) is 0. The number of nitrogens with two attached hydrogens (primary N) is 1. The molecule has 0 aromatic rings. The molecule has 0 aromatic carbocycles. The minimum atomic E-state index is -0.585. The summed E-state index contributed by atoms with van der Waals surface area (Å²) >= 11 is 0. The maximum Gasteiger partial charge on any atom is 0.412 e. The van der Waals surface area contributed by atoms with Crippen molar-refractivity contribution >= 4 is 12.0 Å². The van der Waals surface area contributed by atoms with Crippen molar-refractivity contribution in [1.29, 1.82) is 0 Å². The number of hydrogen-bond donors (Lipinski definition) is 1. The molecule has 0 aliphatic carbocycles.